The summed E-state index contributed by atoms with van der Waals surface area (Å²) in [5.41, 5.74) is -0.294. The van der Waals surface area contributed by atoms with Crippen LogP contribution >= 0.6 is 0 Å². The molecule has 1 fully saturated rings. The molecule has 0 N–H and O–H groups in total. The smallest absolute Gasteiger partial charge is 0.294 e. The molecule has 18 heavy (non-hydrogen) atoms. The van der Waals surface area contributed by atoms with Gasteiger partial charge in [0.05, 0.1) is 4.91 Å². The Balaban J connectivity index is 2.63. The fourth-order valence-corrected chi connectivity index (χ4v) is 3.52. The normalized spacial score (nSPS) is 32.3. The highest BCUT2D eigenvalue weighted by molar-refractivity contribution is 7.95. The summed E-state index contributed by atoms with van der Waals surface area (Å²) < 4.78 is 61.6. The average Bonchev–Trinajstić information content (AvgIpc) is 2.55. The molecule has 100 valence electrons. The van der Waals surface area contributed by atoms with Gasteiger partial charge in [0.25, 0.3) is 0 Å². The second-order valence-electron chi connectivity index (χ2n) is 4.52. The number of allylic oxidation sites excluding steroid dienone is 3. The van der Waals surface area contributed by atoms with Crippen molar-refractivity contribution in [2.24, 2.45) is 11.8 Å². The van der Waals surface area contributed by atoms with Crippen molar-refractivity contribution in [3.8, 4) is 0 Å². The summed E-state index contributed by atoms with van der Waals surface area (Å²) in [7, 11) is -4.86. The summed E-state index contributed by atoms with van der Waals surface area (Å²) in [5, 5.41) is 0. The Hall–Kier alpha value is -1.11. The van der Waals surface area contributed by atoms with Crippen LogP contribution in [0.4, 0.5) is 13.2 Å². The molecular weight excluding hydrogens is 269 g/mol. The van der Waals surface area contributed by atoms with E-state index in [0.29, 0.717) is 0 Å². The third kappa shape index (κ3) is 1.81. The zero-order valence-electron chi connectivity index (χ0n) is 9.44. The van der Waals surface area contributed by atoms with Gasteiger partial charge in [-0.15, -0.1) is 0 Å². The van der Waals surface area contributed by atoms with E-state index in [0.717, 1.165) is 12.2 Å². The quantitative estimate of drug-likeness (QED) is 0.777. The summed E-state index contributed by atoms with van der Waals surface area (Å²) in [6, 6.07) is 0. The zero-order chi connectivity index (χ0) is 13.7. The fourth-order valence-electron chi connectivity index (χ4n) is 2.51. The Morgan fingerprint density at radius 1 is 1.39 bits per heavy atom. The minimum absolute atomic E-state index is 0.00957. The molecule has 0 radical (unpaired) electrons. The molecule has 1 saturated carbocycles. The summed E-state index contributed by atoms with van der Waals surface area (Å²) >= 11 is 0. The van der Waals surface area contributed by atoms with Crippen LogP contribution in [0.2, 0.25) is 0 Å². The molecule has 0 aromatic carbocycles. The van der Waals surface area contributed by atoms with Gasteiger partial charge in [0.2, 0.25) is 9.84 Å². The second kappa shape index (κ2) is 4.22. The molecule has 2 aliphatic rings. The van der Waals surface area contributed by atoms with Crippen LogP contribution in [0.5, 0.6) is 0 Å². The van der Waals surface area contributed by atoms with Gasteiger partial charge in [-0.25, -0.2) is 12.8 Å². The summed E-state index contributed by atoms with van der Waals surface area (Å²) in [4.78, 5) is 11.0. The predicted octanol–water partition coefficient (Wildman–Crippen LogP) is 2.01. The lowest BCUT2D eigenvalue weighted by Gasteiger charge is -2.23. The molecule has 3 unspecified atom stereocenters. The first-order chi connectivity index (χ1) is 8.26. The fraction of sp³-hybridized carbons (Fsp3) is 0.545. The molecule has 3 atom stereocenters. The van der Waals surface area contributed by atoms with E-state index < -0.39 is 38.4 Å². The first-order valence-electron chi connectivity index (χ1n) is 5.38. The number of hydrogen-bond donors (Lipinski definition) is 0. The molecule has 0 bridgehead atoms. The van der Waals surface area contributed by atoms with Gasteiger partial charge in [-0.1, -0.05) is 6.92 Å². The standard InChI is InChI=1S/C11H11F3O3S/c1-5-4-7(15)10-8(18(16,17)11(13)14)3-2-6(12)9(5)10/h2-3,5-6,9,11H,4H2,1H3. The molecule has 0 aliphatic heterocycles. The van der Waals surface area contributed by atoms with Gasteiger partial charge in [0, 0.05) is 17.9 Å². The molecule has 0 amide bonds. The van der Waals surface area contributed by atoms with Crippen molar-refractivity contribution in [3.05, 3.63) is 22.6 Å². The SMILES string of the molecule is CC1CC(=O)C2=C(S(=O)(=O)C(F)F)C=CC(F)C21. The van der Waals surface area contributed by atoms with Gasteiger partial charge in [0.1, 0.15) is 6.17 Å². The first kappa shape index (κ1) is 13.3. The number of hydrogen-bond acceptors (Lipinski definition) is 3. The van der Waals surface area contributed by atoms with Gasteiger partial charge in [-0.3, -0.25) is 4.79 Å². The van der Waals surface area contributed by atoms with E-state index in [1.165, 1.54) is 0 Å². The van der Waals surface area contributed by atoms with E-state index >= 15 is 0 Å². The van der Waals surface area contributed by atoms with Crippen LogP contribution < -0.4 is 0 Å². The maximum absolute atomic E-state index is 13.7. The number of sulfone groups is 1. The minimum Gasteiger partial charge on any atom is -0.294 e. The Kier molecular flexibility index (Phi) is 3.12. The largest absolute Gasteiger partial charge is 0.341 e. The Morgan fingerprint density at radius 2 is 2.00 bits per heavy atom. The van der Waals surface area contributed by atoms with Gasteiger partial charge >= 0.3 is 5.76 Å². The molecule has 0 heterocycles. The van der Waals surface area contributed by atoms with E-state index in [1.807, 2.05) is 0 Å². The maximum Gasteiger partial charge on any atom is 0.341 e. The molecule has 0 aromatic heterocycles. The molecule has 3 nitrogen and oxygen atoms in total. The van der Waals surface area contributed by atoms with Gasteiger partial charge in [-0.2, -0.15) is 8.78 Å². The van der Waals surface area contributed by atoms with Crippen molar-refractivity contribution >= 4 is 15.6 Å². The van der Waals surface area contributed by atoms with E-state index in [4.69, 9.17) is 0 Å². The highest BCUT2D eigenvalue weighted by Gasteiger charge is 2.46. The van der Waals surface area contributed by atoms with E-state index in [-0.39, 0.29) is 17.9 Å². The number of halogens is 3. The number of fused-ring (bicyclic) bond motifs is 1. The Labute approximate surface area is 102 Å². The summed E-state index contributed by atoms with van der Waals surface area (Å²) in [6.45, 7) is 1.61. The first-order valence-corrected chi connectivity index (χ1v) is 6.93. The predicted molar refractivity (Wildman–Crippen MR) is 58.3 cm³/mol. The minimum atomic E-state index is -4.86. The number of rotatable bonds is 2. The number of carbonyl (C=O) groups is 1. The molecule has 0 saturated heterocycles. The molecule has 7 heteroatoms. The third-order valence-corrected chi connectivity index (χ3v) is 4.77. The van der Waals surface area contributed by atoms with Crippen molar-refractivity contribution in [2.45, 2.75) is 25.3 Å². The van der Waals surface area contributed by atoms with Crippen LogP contribution in [0.1, 0.15) is 13.3 Å². The monoisotopic (exact) mass is 280 g/mol. The van der Waals surface area contributed by atoms with Crippen molar-refractivity contribution < 1.29 is 26.4 Å². The van der Waals surface area contributed by atoms with Gasteiger partial charge in [-0.05, 0) is 18.1 Å². The molecule has 2 aliphatic carbocycles. The van der Waals surface area contributed by atoms with Crippen LogP contribution in [0.25, 0.3) is 0 Å². The van der Waals surface area contributed by atoms with Crippen molar-refractivity contribution in [3.63, 3.8) is 0 Å². The van der Waals surface area contributed by atoms with Crippen LogP contribution in [-0.4, -0.2) is 26.1 Å². The molecular formula is C11H11F3O3S. The lowest BCUT2D eigenvalue weighted by atomic mass is 9.87. The number of alkyl halides is 3. The lowest BCUT2D eigenvalue weighted by molar-refractivity contribution is -0.114. The van der Waals surface area contributed by atoms with Crippen molar-refractivity contribution in [1.29, 1.82) is 0 Å². The number of ketones is 1. The highest BCUT2D eigenvalue weighted by atomic mass is 32.2. The summed E-state index contributed by atoms with van der Waals surface area (Å²) in [6.07, 6.45) is 0.203. The van der Waals surface area contributed by atoms with E-state index in [2.05, 4.69) is 0 Å². The van der Waals surface area contributed by atoms with E-state index in [9.17, 15) is 26.4 Å². The highest BCUT2D eigenvalue weighted by Crippen LogP contribution is 2.44. The molecule has 0 spiro atoms. The topological polar surface area (TPSA) is 51.2 Å². The lowest BCUT2D eigenvalue weighted by Crippen LogP contribution is -2.26. The molecule has 0 aromatic rings. The van der Waals surface area contributed by atoms with Crippen LogP contribution in [0.15, 0.2) is 22.6 Å². The Morgan fingerprint density at radius 3 is 2.56 bits per heavy atom. The average molecular weight is 280 g/mol. The number of Topliss-reactive ketones (excluding diaryl/α,β-unsaturated/α-hetero) is 1. The molecule has 2 rings (SSSR count). The van der Waals surface area contributed by atoms with Crippen molar-refractivity contribution in [2.75, 3.05) is 0 Å². The van der Waals surface area contributed by atoms with Gasteiger partial charge in [0.15, 0.2) is 5.78 Å². The Bertz CT molecular complexity index is 548. The van der Waals surface area contributed by atoms with Crippen molar-refractivity contribution in [1.82, 2.24) is 0 Å². The summed E-state index contributed by atoms with van der Waals surface area (Å²) in [5.74, 6) is -5.47. The van der Waals surface area contributed by atoms with E-state index in [1.54, 1.807) is 6.92 Å². The third-order valence-electron chi connectivity index (χ3n) is 3.34. The van der Waals surface area contributed by atoms with Crippen LogP contribution in [0.3, 0.4) is 0 Å². The van der Waals surface area contributed by atoms with Crippen LogP contribution in [-0.2, 0) is 14.6 Å². The van der Waals surface area contributed by atoms with Gasteiger partial charge < -0.3 is 0 Å². The number of carbonyl (C=O) groups excluding carboxylic acids is 1. The second-order valence-corrected chi connectivity index (χ2v) is 6.40. The van der Waals surface area contributed by atoms with Crippen LogP contribution in [0, 0.1) is 11.8 Å². The zero-order valence-corrected chi connectivity index (χ0v) is 10.3. The maximum atomic E-state index is 13.7.